The molecule has 0 aromatic heterocycles. The number of hydrogen-bond donors (Lipinski definition) is 3. The molecule has 0 aliphatic heterocycles. The molecule has 2 unspecified atom stereocenters. The van der Waals surface area contributed by atoms with E-state index in [1.54, 1.807) is 18.2 Å². The molecule has 0 amide bonds. The Morgan fingerprint density at radius 1 is 1.32 bits per heavy atom. The highest BCUT2D eigenvalue weighted by Crippen LogP contribution is 2.30. The van der Waals surface area contributed by atoms with E-state index >= 15 is 0 Å². The predicted molar refractivity (Wildman–Crippen MR) is 76.6 cm³/mol. The van der Waals surface area contributed by atoms with Crippen LogP contribution in [0.1, 0.15) is 31.2 Å². The van der Waals surface area contributed by atoms with Crippen LogP contribution in [-0.4, -0.2) is 18.3 Å². The van der Waals surface area contributed by atoms with Crippen molar-refractivity contribution >= 4 is 11.4 Å². The van der Waals surface area contributed by atoms with Crippen molar-refractivity contribution in [2.24, 2.45) is 11.8 Å². The van der Waals surface area contributed by atoms with Crippen LogP contribution in [-0.2, 0) is 0 Å². The molecule has 2 atom stereocenters. The molecule has 0 saturated heterocycles. The number of nitrogens with one attached hydrogen (secondary N) is 1. The van der Waals surface area contributed by atoms with E-state index in [1.807, 2.05) is 0 Å². The molecule has 4 nitrogen and oxygen atoms in total. The van der Waals surface area contributed by atoms with Crippen molar-refractivity contribution in [2.75, 3.05) is 24.2 Å². The molecular weight excluding hydrogens is 238 g/mol. The third-order valence-corrected chi connectivity index (χ3v) is 4.04. The van der Waals surface area contributed by atoms with E-state index < -0.39 is 0 Å². The maximum absolute atomic E-state index is 9.40. The fourth-order valence-corrected chi connectivity index (χ4v) is 2.81. The smallest absolute Gasteiger partial charge is 0.0992 e. The van der Waals surface area contributed by atoms with E-state index in [9.17, 15) is 5.11 Å². The Kier molecular flexibility index (Phi) is 4.64. The van der Waals surface area contributed by atoms with Gasteiger partial charge in [0.05, 0.1) is 23.0 Å². The zero-order valence-electron chi connectivity index (χ0n) is 11.1. The molecular formula is C15H21N3O. The summed E-state index contributed by atoms with van der Waals surface area (Å²) in [5, 5.41) is 21.6. The summed E-state index contributed by atoms with van der Waals surface area (Å²) >= 11 is 0. The lowest BCUT2D eigenvalue weighted by Crippen LogP contribution is -2.28. The van der Waals surface area contributed by atoms with E-state index in [0.29, 0.717) is 23.1 Å². The third kappa shape index (κ3) is 3.39. The van der Waals surface area contributed by atoms with Crippen LogP contribution in [0, 0.1) is 23.2 Å². The fraction of sp³-hybridized carbons (Fsp3) is 0.533. The lowest BCUT2D eigenvalue weighted by molar-refractivity contribution is 0.141. The van der Waals surface area contributed by atoms with Gasteiger partial charge in [-0.3, -0.25) is 0 Å². The van der Waals surface area contributed by atoms with Crippen molar-refractivity contribution in [3.63, 3.8) is 0 Å². The first-order valence-electron chi connectivity index (χ1n) is 6.89. The number of nitrogens with two attached hydrogens (primary N) is 1. The maximum atomic E-state index is 9.40. The van der Waals surface area contributed by atoms with Gasteiger partial charge in [-0.15, -0.1) is 0 Å². The summed E-state index contributed by atoms with van der Waals surface area (Å²) in [5.41, 5.74) is 8.00. The van der Waals surface area contributed by atoms with Gasteiger partial charge in [-0.2, -0.15) is 5.26 Å². The van der Waals surface area contributed by atoms with Gasteiger partial charge in [0.15, 0.2) is 0 Å². The molecule has 4 N–H and O–H groups in total. The lowest BCUT2D eigenvalue weighted by Gasteiger charge is -2.30. The molecule has 1 fully saturated rings. The topological polar surface area (TPSA) is 82.1 Å². The van der Waals surface area contributed by atoms with Crippen LogP contribution < -0.4 is 11.1 Å². The first-order chi connectivity index (χ1) is 9.24. The van der Waals surface area contributed by atoms with Crippen LogP contribution >= 0.6 is 0 Å². The SMILES string of the molecule is N#Cc1ccc(N)c(NCC2CCCCC2CO)c1. The monoisotopic (exact) mass is 259 g/mol. The molecule has 4 heteroatoms. The Balaban J connectivity index is 1.99. The average molecular weight is 259 g/mol. The molecule has 0 spiro atoms. The number of rotatable bonds is 4. The highest BCUT2D eigenvalue weighted by Gasteiger charge is 2.24. The van der Waals surface area contributed by atoms with E-state index in [0.717, 1.165) is 25.1 Å². The summed E-state index contributed by atoms with van der Waals surface area (Å²) in [7, 11) is 0. The fourth-order valence-electron chi connectivity index (χ4n) is 2.81. The first-order valence-corrected chi connectivity index (χ1v) is 6.89. The Bertz CT molecular complexity index is 467. The third-order valence-electron chi connectivity index (χ3n) is 4.04. The van der Waals surface area contributed by atoms with Gasteiger partial charge >= 0.3 is 0 Å². The molecule has 1 aliphatic carbocycles. The minimum Gasteiger partial charge on any atom is -0.397 e. The molecule has 19 heavy (non-hydrogen) atoms. The Hall–Kier alpha value is -1.73. The number of aliphatic hydroxyl groups is 1. The number of aliphatic hydroxyl groups excluding tert-OH is 1. The molecule has 1 aromatic rings. The molecule has 0 radical (unpaired) electrons. The second-order valence-corrected chi connectivity index (χ2v) is 5.28. The number of nitrogens with zero attached hydrogens (tertiary/aromatic N) is 1. The summed E-state index contributed by atoms with van der Waals surface area (Å²) < 4.78 is 0. The van der Waals surface area contributed by atoms with Crippen molar-refractivity contribution in [1.82, 2.24) is 0 Å². The summed E-state index contributed by atoms with van der Waals surface area (Å²) in [5.74, 6) is 0.880. The number of nitrogen functional groups attached to an aromatic ring is 1. The van der Waals surface area contributed by atoms with Crippen molar-refractivity contribution in [3.05, 3.63) is 23.8 Å². The van der Waals surface area contributed by atoms with Crippen LogP contribution in [0.3, 0.4) is 0 Å². The molecule has 1 saturated carbocycles. The Morgan fingerprint density at radius 3 is 2.74 bits per heavy atom. The van der Waals surface area contributed by atoms with E-state index in [-0.39, 0.29) is 6.61 Å². The highest BCUT2D eigenvalue weighted by molar-refractivity contribution is 5.68. The minimum atomic E-state index is 0.264. The normalized spacial score (nSPS) is 22.7. The van der Waals surface area contributed by atoms with Gasteiger partial charge in [-0.1, -0.05) is 12.8 Å². The second-order valence-electron chi connectivity index (χ2n) is 5.28. The second kappa shape index (κ2) is 6.44. The number of nitriles is 1. The zero-order chi connectivity index (χ0) is 13.7. The summed E-state index contributed by atoms with van der Waals surface area (Å²) in [4.78, 5) is 0. The van der Waals surface area contributed by atoms with Gasteiger partial charge in [-0.05, 0) is 42.9 Å². The van der Waals surface area contributed by atoms with Gasteiger partial charge in [0.2, 0.25) is 0 Å². The Morgan fingerprint density at radius 2 is 2.05 bits per heavy atom. The maximum Gasteiger partial charge on any atom is 0.0992 e. The summed E-state index contributed by atoms with van der Waals surface area (Å²) in [6.45, 7) is 1.07. The van der Waals surface area contributed by atoms with Crippen LogP contribution in [0.15, 0.2) is 18.2 Å². The molecule has 1 aliphatic rings. The van der Waals surface area contributed by atoms with Gasteiger partial charge in [0.25, 0.3) is 0 Å². The molecule has 1 aromatic carbocycles. The van der Waals surface area contributed by atoms with E-state index in [1.165, 1.54) is 12.8 Å². The number of hydrogen-bond acceptors (Lipinski definition) is 4. The standard InChI is InChI=1S/C15H21N3O/c16-8-11-5-6-14(17)15(7-11)18-9-12-3-1-2-4-13(12)10-19/h5-7,12-13,18-19H,1-4,9-10,17H2. The van der Waals surface area contributed by atoms with E-state index in [2.05, 4.69) is 11.4 Å². The quantitative estimate of drug-likeness (QED) is 0.725. The Labute approximate surface area is 114 Å². The summed E-state index contributed by atoms with van der Waals surface area (Å²) in [6.07, 6.45) is 4.71. The van der Waals surface area contributed by atoms with Crippen molar-refractivity contribution in [1.29, 1.82) is 5.26 Å². The number of benzene rings is 1. The van der Waals surface area contributed by atoms with Crippen molar-refractivity contribution in [2.45, 2.75) is 25.7 Å². The van der Waals surface area contributed by atoms with Gasteiger partial charge in [0.1, 0.15) is 0 Å². The van der Waals surface area contributed by atoms with Crippen molar-refractivity contribution in [3.8, 4) is 6.07 Å². The van der Waals surface area contributed by atoms with Crippen LogP contribution in [0.25, 0.3) is 0 Å². The van der Waals surface area contributed by atoms with Crippen LogP contribution in [0.2, 0.25) is 0 Å². The molecule has 0 bridgehead atoms. The van der Waals surface area contributed by atoms with Crippen LogP contribution in [0.5, 0.6) is 0 Å². The average Bonchev–Trinajstić information content (AvgIpc) is 2.46. The zero-order valence-corrected chi connectivity index (χ0v) is 11.1. The minimum absolute atomic E-state index is 0.264. The van der Waals surface area contributed by atoms with E-state index in [4.69, 9.17) is 11.0 Å². The molecule has 102 valence electrons. The predicted octanol–water partition coefficient (Wildman–Crippen LogP) is 2.35. The lowest BCUT2D eigenvalue weighted by atomic mass is 9.79. The summed E-state index contributed by atoms with van der Waals surface area (Å²) in [6, 6.07) is 7.38. The highest BCUT2D eigenvalue weighted by atomic mass is 16.3. The first kappa shape index (κ1) is 13.7. The van der Waals surface area contributed by atoms with Gasteiger partial charge in [-0.25, -0.2) is 0 Å². The van der Waals surface area contributed by atoms with Gasteiger partial charge < -0.3 is 16.2 Å². The van der Waals surface area contributed by atoms with Crippen LogP contribution in [0.4, 0.5) is 11.4 Å². The molecule has 0 heterocycles. The molecule has 2 rings (SSSR count). The largest absolute Gasteiger partial charge is 0.397 e. The van der Waals surface area contributed by atoms with Gasteiger partial charge in [0, 0.05) is 13.2 Å². The number of anilines is 2. The van der Waals surface area contributed by atoms with Crippen molar-refractivity contribution < 1.29 is 5.11 Å².